The van der Waals surface area contributed by atoms with E-state index >= 15 is 0 Å². The van der Waals surface area contributed by atoms with Crippen LogP contribution < -0.4 is 5.32 Å². The fourth-order valence-corrected chi connectivity index (χ4v) is 1.15. The molecule has 0 saturated carbocycles. The number of aliphatic carboxylic acids is 1. The van der Waals surface area contributed by atoms with E-state index < -0.39 is 17.8 Å². The Kier molecular flexibility index (Phi) is 4.04. The predicted molar refractivity (Wildman–Crippen MR) is 56.8 cm³/mol. The van der Waals surface area contributed by atoms with Crippen LogP contribution in [0.5, 0.6) is 0 Å². The molecule has 1 unspecified atom stereocenters. The second-order valence-corrected chi connectivity index (χ2v) is 3.63. The number of rotatable bonds is 5. The lowest BCUT2D eigenvalue weighted by atomic mass is 10.2. The summed E-state index contributed by atoms with van der Waals surface area (Å²) in [6, 6.07) is 0. The van der Waals surface area contributed by atoms with Gasteiger partial charge in [-0.2, -0.15) is 5.10 Å². The van der Waals surface area contributed by atoms with Gasteiger partial charge < -0.3 is 10.4 Å². The minimum absolute atomic E-state index is 0.373. The fraction of sp³-hybridized carbons (Fsp3) is 0.500. The molecule has 0 saturated heterocycles. The van der Waals surface area contributed by atoms with Gasteiger partial charge in [0.05, 0.1) is 12.7 Å². The molecule has 2 N–H and O–H groups in total. The van der Waals surface area contributed by atoms with Crippen LogP contribution in [0.3, 0.4) is 0 Å². The molecule has 88 valence electrons. The molecule has 0 spiro atoms. The Balaban J connectivity index is 2.30. The van der Waals surface area contributed by atoms with Crippen molar-refractivity contribution in [2.75, 3.05) is 6.54 Å². The maximum absolute atomic E-state index is 11.3. The first-order chi connectivity index (χ1) is 7.50. The first kappa shape index (κ1) is 12.2. The standard InChI is InChI=1S/C10H15N3O3/c1-7-5-12-13(6-7)4-3-11-9(14)8(2)10(15)16/h5-6,8H,3-4H2,1-2H3,(H,11,14)(H,15,16). The number of hydrogen-bond donors (Lipinski definition) is 2. The Morgan fingerprint density at radius 1 is 1.62 bits per heavy atom. The number of carboxylic acids is 1. The number of carbonyl (C=O) groups is 2. The van der Waals surface area contributed by atoms with E-state index in [9.17, 15) is 9.59 Å². The Morgan fingerprint density at radius 2 is 2.31 bits per heavy atom. The first-order valence-electron chi connectivity index (χ1n) is 5.00. The van der Waals surface area contributed by atoms with E-state index in [1.807, 2.05) is 13.1 Å². The zero-order valence-electron chi connectivity index (χ0n) is 9.30. The predicted octanol–water partition coefficient (Wildman–Crippen LogP) is 0.0284. The molecule has 0 aliphatic carbocycles. The van der Waals surface area contributed by atoms with Crippen LogP contribution in [-0.4, -0.2) is 33.3 Å². The molecule has 1 aromatic rings. The number of carbonyl (C=O) groups excluding carboxylic acids is 1. The molecule has 0 bridgehead atoms. The summed E-state index contributed by atoms with van der Waals surface area (Å²) in [6.45, 7) is 4.19. The number of amides is 1. The second-order valence-electron chi connectivity index (χ2n) is 3.63. The fourth-order valence-electron chi connectivity index (χ4n) is 1.15. The van der Waals surface area contributed by atoms with E-state index in [4.69, 9.17) is 5.11 Å². The van der Waals surface area contributed by atoms with Crippen molar-refractivity contribution in [3.05, 3.63) is 18.0 Å². The van der Waals surface area contributed by atoms with Crippen LogP contribution in [0.1, 0.15) is 12.5 Å². The molecular weight excluding hydrogens is 210 g/mol. The molecule has 6 heteroatoms. The first-order valence-corrected chi connectivity index (χ1v) is 5.00. The molecule has 0 fully saturated rings. The Bertz CT molecular complexity index is 386. The van der Waals surface area contributed by atoms with Gasteiger partial charge in [0, 0.05) is 12.7 Å². The van der Waals surface area contributed by atoms with Crippen molar-refractivity contribution < 1.29 is 14.7 Å². The Hall–Kier alpha value is -1.85. The lowest BCUT2D eigenvalue weighted by Gasteiger charge is -2.07. The van der Waals surface area contributed by atoms with Crippen molar-refractivity contribution in [1.82, 2.24) is 15.1 Å². The average molecular weight is 225 g/mol. The van der Waals surface area contributed by atoms with Crippen molar-refractivity contribution in [3.63, 3.8) is 0 Å². The van der Waals surface area contributed by atoms with Crippen molar-refractivity contribution in [2.45, 2.75) is 20.4 Å². The summed E-state index contributed by atoms with van der Waals surface area (Å²) < 4.78 is 1.70. The minimum Gasteiger partial charge on any atom is -0.481 e. The molecule has 1 atom stereocenters. The van der Waals surface area contributed by atoms with Crippen LogP contribution in [0.15, 0.2) is 12.4 Å². The van der Waals surface area contributed by atoms with Crippen LogP contribution >= 0.6 is 0 Å². The third-order valence-corrected chi connectivity index (χ3v) is 2.17. The zero-order valence-corrected chi connectivity index (χ0v) is 9.30. The minimum atomic E-state index is -1.12. The van der Waals surface area contributed by atoms with Gasteiger partial charge in [-0.1, -0.05) is 0 Å². The van der Waals surface area contributed by atoms with Crippen LogP contribution in [0, 0.1) is 12.8 Å². The maximum atomic E-state index is 11.3. The second kappa shape index (κ2) is 5.29. The normalized spacial score (nSPS) is 12.1. The molecule has 0 aliphatic heterocycles. The monoisotopic (exact) mass is 225 g/mol. The average Bonchev–Trinajstić information content (AvgIpc) is 2.62. The van der Waals surface area contributed by atoms with Gasteiger partial charge in [-0.25, -0.2) is 0 Å². The maximum Gasteiger partial charge on any atom is 0.315 e. The van der Waals surface area contributed by atoms with Crippen molar-refractivity contribution in [3.8, 4) is 0 Å². The van der Waals surface area contributed by atoms with Gasteiger partial charge in [0.15, 0.2) is 0 Å². The number of carboxylic acid groups (broad SMARTS) is 1. The SMILES string of the molecule is Cc1cnn(CCNC(=O)C(C)C(=O)O)c1. The molecule has 16 heavy (non-hydrogen) atoms. The zero-order chi connectivity index (χ0) is 12.1. The van der Waals surface area contributed by atoms with Gasteiger partial charge in [-0.3, -0.25) is 14.3 Å². The Morgan fingerprint density at radius 3 is 2.81 bits per heavy atom. The van der Waals surface area contributed by atoms with Crippen molar-refractivity contribution in [2.24, 2.45) is 5.92 Å². The highest BCUT2D eigenvalue weighted by atomic mass is 16.4. The topological polar surface area (TPSA) is 84.2 Å². The van der Waals surface area contributed by atoms with E-state index in [-0.39, 0.29) is 0 Å². The van der Waals surface area contributed by atoms with Crippen LogP contribution in [0.25, 0.3) is 0 Å². The third-order valence-electron chi connectivity index (χ3n) is 2.17. The third kappa shape index (κ3) is 3.38. The van der Waals surface area contributed by atoms with Crippen molar-refractivity contribution >= 4 is 11.9 Å². The van der Waals surface area contributed by atoms with Gasteiger partial charge in [0.2, 0.25) is 5.91 Å². The summed E-state index contributed by atoms with van der Waals surface area (Å²) in [4.78, 5) is 21.8. The molecule has 6 nitrogen and oxygen atoms in total. The van der Waals surface area contributed by atoms with Crippen LogP contribution in [0.2, 0.25) is 0 Å². The lowest BCUT2D eigenvalue weighted by molar-refractivity contribution is -0.146. The number of nitrogens with zero attached hydrogens (tertiary/aromatic N) is 2. The highest BCUT2D eigenvalue weighted by Gasteiger charge is 2.19. The van der Waals surface area contributed by atoms with Crippen LogP contribution in [0.4, 0.5) is 0 Å². The quantitative estimate of drug-likeness (QED) is 0.692. The summed E-state index contributed by atoms with van der Waals surface area (Å²) >= 11 is 0. The smallest absolute Gasteiger partial charge is 0.315 e. The Labute approximate surface area is 93.3 Å². The van der Waals surface area contributed by atoms with Crippen molar-refractivity contribution in [1.29, 1.82) is 0 Å². The molecule has 0 radical (unpaired) electrons. The van der Waals surface area contributed by atoms with E-state index in [0.29, 0.717) is 13.1 Å². The highest BCUT2D eigenvalue weighted by Crippen LogP contribution is 1.95. The van der Waals surface area contributed by atoms with Gasteiger partial charge in [-0.05, 0) is 19.4 Å². The van der Waals surface area contributed by atoms with Gasteiger partial charge in [-0.15, -0.1) is 0 Å². The molecular formula is C10H15N3O3. The van der Waals surface area contributed by atoms with E-state index in [1.54, 1.807) is 10.9 Å². The molecule has 1 rings (SSSR count). The molecule has 1 heterocycles. The number of aryl methyl sites for hydroxylation is 1. The van der Waals surface area contributed by atoms with E-state index in [0.717, 1.165) is 5.56 Å². The summed E-state index contributed by atoms with van der Waals surface area (Å²) in [5, 5.41) is 15.2. The molecule has 1 aromatic heterocycles. The van der Waals surface area contributed by atoms with Crippen LogP contribution in [-0.2, 0) is 16.1 Å². The highest BCUT2D eigenvalue weighted by molar-refractivity contribution is 5.96. The lowest BCUT2D eigenvalue weighted by Crippen LogP contribution is -2.35. The van der Waals surface area contributed by atoms with E-state index in [2.05, 4.69) is 10.4 Å². The largest absolute Gasteiger partial charge is 0.481 e. The van der Waals surface area contributed by atoms with Gasteiger partial charge in [0.25, 0.3) is 0 Å². The van der Waals surface area contributed by atoms with E-state index in [1.165, 1.54) is 6.92 Å². The van der Waals surface area contributed by atoms with Gasteiger partial charge >= 0.3 is 5.97 Å². The molecule has 0 aromatic carbocycles. The molecule has 1 amide bonds. The number of hydrogen-bond acceptors (Lipinski definition) is 3. The molecule has 0 aliphatic rings. The summed E-state index contributed by atoms with van der Waals surface area (Å²) in [6.07, 6.45) is 3.58. The number of nitrogens with one attached hydrogen (secondary N) is 1. The summed E-state index contributed by atoms with van der Waals surface area (Å²) in [7, 11) is 0. The van der Waals surface area contributed by atoms with Gasteiger partial charge in [0.1, 0.15) is 5.92 Å². The summed E-state index contributed by atoms with van der Waals surface area (Å²) in [5.41, 5.74) is 1.05. The number of aromatic nitrogens is 2. The summed E-state index contributed by atoms with van der Waals surface area (Å²) in [5.74, 6) is -2.61.